The molecular formula is C28H34N2O5S2Se. The van der Waals surface area contributed by atoms with Crippen LogP contribution < -0.4 is 18.9 Å². The Balaban J connectivity index is 1.70. The van der Waals surface area contributed by atoms with Gasteiger partial charge in [0, 0.05) is 0 Å². The van der Waals surface area contributed by atoms with E-state index >= 15 is 0 Å². The third kappa shape index (κ3) is 6.49. The number of unbranched alkanes of at least 4 members (excludes halogenated alkanes) is 1. The normalized spacial score (nSPS) is 14.9. The van der Waals surface area contributed by atoms with Crippen molar-refractivity contribution in [2.24, 2.45) is 0 Å². The van der Waals surface area contributed by atoms with Gasteiger partial charge in [-0.05, 0) is 0 Å². The van der Waals surface area contributed by atoms with Gasteiger partial charge in [0.25, 0.3) is 0 Å². The molecule has 4 rings (SSSR count). The van der Waals surface area contributed by atoms with Gasteiger partial charge in [-0.25, -0.2) is 0 Å². The van der Waals surface area contributed by atoms with Crippen LogP contribution in [0, 0.1) is 6.92 Å². The maximum atomic E-state index is 11.1. The Bertz CT molecular complexity index is 1490. The van der Waals surface area contributed by atoms with Crippen LogP contribution in [-0.4, -0.2) is 54.0 Å². The number of fused-ring (bicyclic) bond motifs is 2. The van der Waals surface area contributed by atoms with Gasteiger partial charge < -0.3 is 0 Å². The molecule has 0 bridgehead atoms. The fourth-order valence-corrected chi connectivity index (χ4v) is 8.76. The van der Waals surface area contributed by atoms with Crippen LogP contribution in [0.1, 0.15) is 43.2 Å². The Kier molecular flexibility index (Phi) is 9.31. The molecule has 1 aromatic heterocycles. The molecule has 38 heavy (non-hydrogen) atoms. The number of ether oxygens (including phenoxy) is 2. The molecular weight excluding hydrogens is 587 g/mol. The summed E-state index contributed by atoms with van der Waals surface area (Å²) in [5, 5.41) is 1.10. The van der Waals surface area contributed by atoms with Crippen LogP contribution >= 0.6 is 11.8 Å². The summed E-state index contributed by atoms with van der Waals surface area (Å²) in [4.78, 5) is 3.35. The molecule has 0 spiro atoms. The molecule has 0 unspecified atom stereocenters. The molecule has 0 atom stereocenters. The summed E-state index contributed by atoms with van der Waals surface area (Å²) in [6.07, 6.45) is 6.39. The van der Waals surface area contributed by atoms with Gasteiger partial charge in [-0.1, -0.05) is 0 Å². The molecule has 2 heterocycles. The summed E-state index contributed by atoms with van der Waals surface area (Å²) in [5.41, 5.74) is 4.59. The molecule has 1 aliphatic rings. The Morgan fingerprint density at radius 2 is 1.95 bits per heavy atom. The summed E-state index contributed by atoms with van der Waals surface area (Å²) < 4.78 is 49.4. The minimum absolute atomic E-state index is 0.205. The predicted octanol–water partition coefficient (Wildman–Crippen LogP) is 5.10. The zero-order valence-electron chi connectivity index (χ0n) is 22.4. The summed E-state index contributed by atoms with van der Waals surface area (Å²) in [6, 6.07) is 10.5. The standard InChI is InChI=1S/C28H34N2O5S2Se/c1-6-20(16-28-29(7-2)23-17-21(34-4)10-11-26(23)38-28)15-27-30(12-8-9-13-37(31,32)33)22-14-19(3)24(35-5)18-25(22)36-27/h10-11,14-18H,6-9,12-13H2,1-5H3. The van der Waals surface area contributed by atoms with Gasteiger partial charge in [0.05, 0.1) is 0 Å². The number of benzene rings is 2. The third-order valence-corrected chi connectivity index (χ3v) is 10.8. The quantitative estimate of drug-likeness (QED) is 0.128. The molecule has 0 N–H and O–H groups in total. The summed E-state index contributed by atoms with van der Waals surface area (Å²) in [6.45, 7) is 7.88. The second-order valence-electron chi connectivity index (χ2n) is 9.09. The molecule has 10 heteroatoms. The van der Waals surface area contributed by atoms with Crippen molar-refractivity contribution in [1.29, 1.82) is 0 Å². The van der Waals surface area contributed by atoms with Crippen LogP contribution in [0.15, 0.2) is 51.9 Å². The van der Waals surface area contributed by atoms with Gasteiger partial charge in [0.1, 0.15) is 0 Å². The van der Waals surface area contributed by atoms with Crippen molar-refractivity contribution in [1.82, 2.24) is 0 Å². The first kappa shape index (κ1) is 28.8. The molecule has 1 aliphatic heterocycles. The van der Waals surface area contributed by atoms with Gasteiger partial charge >= 0.3 is 236 Å². The number of rotatable bonds is 11. The van der Waals surface area contributed by atoms with E-state index in [4.69, 9.17) is 9.47 Å². The van der Waals surface area contributed by atoms with Crippen molar-refractivity contribution in [3.8, 4) is 11.5 Å². The van der Waals surface area contributed by atoms with Crippen molar-refractivity contribution < 1.29 is 27.0 Å². The number of thioether (sulfide) groups is 1. The number of aryl methyl sites for hydroxylation is 2. The van der Waals surface area contributed by atoms with Crippen molar-refractivity contribution in [3.63, 3.8) is 0 Å². The molecule has 0 amide bonds. The Hall–Kier alpha value is -2.23. The number of allylic oxidation sites excluding steroid dienone is 2. The molecule has 204 valence electrons. The molecule has 0 radical (unpaired) electrons. The van der Waals surface area contributed by atoms with Crippen LogP contribution in [-0.2, 0) is 16.7 Å². The predicted molar refractivity (Wildman–Crippen MR) is 154 cm³/mol. The first-order chi connectivity index (χ1) is 18.2. The average molecular weight is 622 g/mol. The van der Waals surface area contributed by atoms with Gasteiger partial charge in [-0.15, -0.1) is 0 Å². The van der Waals surface area contributed by atoms with Crippen molar-refractivity contribution in [2.75, 3.05) is 31.4 Å². The first-order valence-electron chi connectivity index (χ1n) is 12.7. The zero-order valence-corrected chi connectivity index (χ0v) is 25.8. The number of aromatic nitrogens is 1. The van der Waals surface area contributed by atoms with E-state index in [1.54, 1.807) is 26.0 Å². The van der Waals surface area contributed by atoms with E-state index in [0.717, 1.165) is 45.6 Å². The van der Waals surface area contributed by atoms with Crippen molar-refractivity contribution in [2.45, 2.75) is 51.5 Å². The Morgan fingerprint density at radius 3 is 2.61 bits per heavy atom. The molecule has 2 aromatic carbocycles. The topological polar surface area (TPSA) is 82.8 Å². The van der Waals surface area contributed by atoms with Crippen LogP contribution in [0.2, 0.25) is 0 Å². The summed E-state index contributed by atoms with van der Waals surface area (Å²) in [5.74, 6) is 1.38. The second-order valence-corrected chi connectivity index (χ2v) is 13.9. The van der Waals surface area contributed by atoms with Crippen LogP contribution in [0.4, 0.5) is 5.69 Å². The molecule has 0 saturated heterocycles. The minimum atomic E-state index is -4.21. The van der Waals surface area contributed by atoms with E-state index in [-0.39, 0.29) is 20.3 Å². The first-order valence-corrected chi connectivity index (χ1v) is 16.8. The van der Waals surface area contributed by atoms with Gasteiger partial charge in [-0.2, -0.15) is 0 Å². The average Bonchev–Trinajstić information content (AvgIpc) is 3.40. The second kappa shape index (κ2) is 12.3. The number of methoxy groups -OCH3 is 2. The SMILES string of the molecule is CCC(=C/c1[se]c2ccc(OC)cc2[n+]1CC)/C=C1/Sc2cc(OC)c(C)cc2N1CCCCS(=O)(=O)[O-]. The van der Waals surface area contributed by atoms with Gasteiger partial charge in [0.15, 0.2) is 0 Å². The van der Waals surface area contributed by atoms with Crippen molar-refractivity contribution in [3.05, 3.63) is 57.1 Å². The maximum absolute atomic E-state index is 11.1. The monoisotopic (exact) mass is 622 g/mol. The Morgan fingerprint density at radius 1 is 1.16 bits per heavy atom. The molecule has 0 fully saturated rings. The number of hydrogen-bond donors (Lipinski definition) is 0. The van der Waals surface area contributed by atoms with E-state index in [1.807, 2.05) is 13.0 Å². The van der Waals surface area contributed by atoms with E-state index < -0.39 is 10.1 Å². The Labute approximate surface area is 235 Å². The summed E-state index contributed by atoms with van der Waals surface area (Å²) >= 11 is 1.90. The van der Waals surface area contributed by atoms with Crippen LogP contribution in [0.3, 0.4) is 0 Å². The third-order valence-electron chi connectivity index (χ3n) is 6.55. The number of anilines is 1. The number of hydrogen-bond acceptors (Lipinski definition) is 7. The van der Waals surface area contributed by atoms with Crippen LogP contribution in [0.25, 0.3) is 15.9 Å². The fraction of sp³-hybridized carbons (Fsp3) is 0.393. The zero-order chi connectivity index (χ0) is 27.4. The summed E-state index contributed by atoms with van der Waals surface area (Å²) in [7, 11) is -0.832. The fourth-order valence-electron chi connectivity index (χ4n) is 4.54. The molecule has 0 saturated carbocycles. The van der Waals surface area contributed by atoms with Crippen molar-refractivity contribution >= 4 is 57.9 Å². The van der Waals surface area contributed by atoms with Gasteiger partial charge in [-0.3, -0.25) is 0 Å². The van der Waals surface area contributed by atoms with E-state index in [2.05, 4.69) is 59.7 Å². The van der Waals surface area contributed by atoms with Crippen LogP contribution in [0.5, 0.6) is 11.5 Å². The molecule has 0 aliphatic carbocycles. The molecule has 3 aromatic rings. The van der Waals surface area contributed by atoms with E-state index in [0.29, 0.717) is 19.4 Å². The van der Waals surface area contributed by atoms with E-state index in [9.17, 15) is 13.0 Å². The van der Waals surface area contributed by atoms with Gasteiger partial charge in [0.2, 0.25) is 0 Å². The van der Waals surface area contributed by atoms with E-state index in [1.165, 1.54) is 19.9 Å². The molecule has 7 nitrogen and oxygen atoms in total. The number of nitrogens with zero attached hydrogens (tertiary/aromatic N) is 2.